The van der Waals surface area contributed by atoms with Crippen LogP contribution in [0.3, 0.4) is 0 Å². The van der Waals surface area contributed by atoms with Crippen LogP contribution < -0.4 is 45.7 Å². The molecule has 0 bridgehead atoms. The molecule has 0 aromatic carbocycles. The van der Waals surface area contributed by atoms with Crippen LogP contribution >= 0.6 is 0 Å². The van der Waals surface area contributed by atoms with E-state index < -0.39 is 24.4 Å². The van der Waals surface area contributed by atoms with Crippen LogP contribution in [0.2, 0.25) is 0 Å². The number of hydrogen-bond donors (Lipinski definition) is 8. The molecular formula is C4H18N12. The molecule has 0 aromatic rings. The Bertz CT molecular complexity index is 257. The van der Waals surface area contributed by atoms with Crippen LogP contribution in [-0.2, 0) is 0 Å². The molecule has 12 nitrogen and oxygen atoms in total. The van der Waals surface area contributed by atoms with Crippen LogP contribution in [0, 0.1) is 0 Å². The molecule has 0 aliphatic carbocycles. The zero-order chi connectivity index (χ0) is 12.0. The van der Waals surface area contributed by atoms with E-state index in [-0.39, 0.29) is 0 Å². The number of nitrogens with two attached hydrogens (primary N) is 6. The van der Waals surface area contributed by atoms with Crippen LogP contribution in [0.15, 0.2) is 0 Å². The van der Waals surface area contributed by atoms with Gasteiger partial charge in [0.15, 0.2) is 0 Å². The second-order valence-electron chi connectivity index (χ2n) is 3.73. The van der Waals surface area contributed by atoms with E-state index in [4.69, 9.17) is 34.8 Å². The Hall–Kier alpha value is -0.480. The Morgan fingerprint density at radius 3 is 2.00 bits per heavy atom. The summed E-state index contributed by atoms with van der Waals surface area (Å²) in [5, 5.41) is 4.22. The van der Waals surface area contributed by atoms with Gasteiger partial charge in [-0.2, -0.15) is 0 Å². The Labute approximate surface area is 91.8 Å². The lowest BCUT2D eigenvalue weighted by Gasteiger charge is -2.55. The Balaban J connectivity index is 2.24. The first-order valence-corrected chi connectivity index (χ1v) is 4.64. The summed E-state index contributed by atoms with van der Waals surface area (Å²) in [5.41, 5.74) is 17.3. The van der Waals surface area contributed by atoms with Crippen LogP contribution in [0.5, 0.6) is 0 Å². The lowest BCUT2D eigenvalue weighted by molar-refractivity contribution is -0.369. The summed E-state index contributed by atoms with van der Waals surface area (Å²) in [4.78, 5) is 0. The molecular weight excluding hydrogens is 216 g/mol. The van der Waals surface area contributed by atoms with Gasteiger partial charge in [0.1, 0.15) is 6.17 Å². The van der Waals surface area contributed by atoms with Crippen molar-refractivity contribution < 1.29 is 0 Å². The molecule has 14 N–H and O–H groups in total. The zero-order valence-electron chi connectivity index (χ0n) is 8.56. The van der Waals surface area contributed by atoms with Gasteiger partial charge in [-0.25, -0.2) is 22.5 Å². The average molecular weight is 234 g/mol. The first kappa shape index (κ1) is 12.0. The van der Waals surface area contributed by atoms with Gasteiger partial charge in [0, 0.05) is 0 Å². The van der Waals surface area contributed by atoms with Crippen molar-refractivity contribution in [1.82, 2.24) is 31.5 Å². The fraction of sp³-hybridized carbons (Fsp3) is 1.00. The summed E-state index contributed by atoms with van der Waals surface area (Å²) in [5.74, 6) is 22.7. The third-order valence-electron chi connectivity index (χ3n) is 2.80. The van der Waals surface area contributed by atoms with Crippen molar-refractivity contribution in [2.45, 2.75) is 24.4 Å². The summed E-state index contributed by atoms with van der Waals surface area (Å²) in [7, 11) is 0. The zero-order valence-corrected chi connectivity index (χ0v) is 8.56. The molecule has 94 valence electrons. The summed E-state index contributed by atoms with van der Waals surface area (Å²) >= 11 is 0. The maximum absolute atomic E-state index is 5.92. The Morgan fingerprint density at radius 1 is 0.812 bits per heavy atom. The largest absolute Gasteiger partial charge is 0.324 e. The third-order valence-corrected chi connectivity index (χ3v) is 2.80. The van der Waals surface area contributed by atoms with Crippen LogP contribution in [0.1, 0.15) is 0 Å². The molecule has 2 fully saturated rings. The molecule has 2 heterocycles. The van der Waals surface area contributed by atoms with E-state index in [2.05, 4.69) is 10.9 Å². The molecule has 2 rings (SSSR count). The van der Waals surface area contributed by atoms with E-state index in [1.165, 1.54) is 5.12 Å². The molecule has 0 saturated carbocycles. The van der Waals surface area contributed by atoms with E-state index in [0.717, 1.165) is 15.6 Å². The van der Waals surface area contributed by atoms with Crippen molar-refractivity contribution in [3.63, 3.8) is 0 Å². The lowest BCUT2D eigenvalue weighted by atomic mass is 10.0. The van der Waals surface area contributed by atoms with E-state index in [1.807, 2.05) is 0 Å². The highest BCUT2D eigenvalue weighted by molar-refractivity contribution is 4.96. The smallest absolute Gasteiger partial charge is 0.125 e. The second-order valence-corrected chi connectivity index (χ2v) is 3.73. The topological polar surface area (TPSA) is 193 Å². The van der Waals surface area contributed by atoms with Crippen molar-refractivity contribution in [3.05, 3.63) is 0 Å². The van der Waals surface area contributed by atoms with Gasteiger partial charge in [-0.3, -0.25) is 11.7 Å². The SMILES string of the molecule is NC1NNC2C(C1N)N(N)N(N)N(N)N2N. The maximum atomic E-state index is 5.92. The average Bonchev–Trinajstić information content (AvgIpc) is 2.27. The van der Waals surface area contributed by atoms with Crippen molar-refractivity contribution in [1.29, 1.82) is 0 Å². The molecule has 0 aromatic heterocycles. The summed E-state index contributed by atoms with van der Waals surface area (Å²) in [6.45, 7) is 0. The number of hydrogen-bond acceptors (Lipinski definition) is 12. The number of nitrogens with one attached hydrogen (secondary N) is 2. The minimum Gasteiger partial charge on any atom is -0.324 e. The molecule has 2 aliphatic rings. The summed E-state index contributed by atoms with van der Waals surface area (Å²) in [6.07, 6.45) is -0.928. The highest BCUT2D eigenvalue weighted by atomic mass is 16.2. The van der Waals surface area contributed by atoms with Crippen molar-refractivity contribution in [2.24, 2.45) is 34.8 Å². The van der Waals surface area contributed by atoms with E-state index in [0.29, 0.717) is 0 Å². The molecule has 12 heteroatoms. The number of nitrogens with zero attached hydrogens (tertiary/aromatic N) is 4. The lowest BCUT2D eigenvalue weighted by Crippen LogP contribution is -2.89. The first-order chi connectivity index (χ1) is 7.45. The molecule has 0 spiro atoms. The van der Waals surface area contributed by atoms with Gasteiger partial charge >= 0.3 is 0 Å². The van der Waals surface area contributed by atoms with Gasteiger partial charge < -0.3 is 11.5 Å². The number of rotatable bonds is 0. The van der Waals surface area contributed by atoms with Gasteiger partial charge in [0.05, 0.1) is 18.2 Å². The van der Waals surface area contributed by atoms with E-state index in [1.54, 1.807) is 0 Å². The van der Waals surface area contributed by atoms with Crippen LogP contribution in [-0.4, -0.2) is 45.1 Å². The predicted octanol–water partition coefficient (Wildman–Crippen LogP) is -6.14. The molecule has 2 aliphatic heterocycles. The highest BCUT2D eigenvalue weighted by Crippen LogP contribution is 2.18. The normalized spacial score (nSPS) is 44.6. The molecule has 0 amide bonds. The third kappa shape index (κ3) is 1.59. The fourth-order valence-corrected chi connectivity index (χ4v) is 1.81. The van der Waals surface area contributed by atoms with Gasteiger partial charge in [0.2, 0.25) is 0 Å². The van der Waals surface area contributed by atoms with Crippen molar-refractivity contribution >= 4 is 0 Å². The monoisotopic (exact) mass is 234 g/mol. The summed E-state index contributed by atoms with van der Waals surface area (Å²) in [6, 6.07) is -0.895. The molecule has 16 heavy (non-hydrogen) atoms. The minimum absolute atomic E-state index is 0.425. The molecule has 2 saturated heterocycles. The molecule has 4 unspecified atom stereocenters. The fourth-order valence-electron chi connectivity index (χ4n) is 1.81. The standard InChI is InChI=1S/C4H18N12/c5-1-2-4(12-11-3(1)6)14(8)16(10)15(9)13(2)7/h1-4,11-12H,5-10H2. The van der Waals surface area contributed by atoms with Gasteiger partial charge in [-0.1, -0.05) is 10.5 Å². The van der Waals surface area contributed by atoms with Crippen LogP contribution in [0.25, 0.3) is 0 Å². The molecule has 0 radical (unpaired) electrons. The first-order valence-electron chi connectivity index (χ1n) is 4.64. The summed E-state index contributed by atoms with van der Waals surface area (Å²) < 4.78 is 0. The van der Waals surface area contributed by atoms with Gasteiger partial charge in [0.25, 0.3) is 0 Å². The second kappa shape index (κ2) is 4.08. The molecule has 4 atom stereocenters. The number of hydrazine groups is 8. The minimum atomic E-state index is -0.474. The van der Waals surface area contributed by atoms with Crippen LogP contribution in [0.4, 0.5) is 0 Å². The predicted molar refractivity (Wildman–Crippen MR) is 53.9 cm³/mol. The van der Waals surface area contributed by atoms with E-state index >= 15 is 0 Å². The van der Waals surface area contributed by atoms with Crippen molar-refractivity contribution in [2.75, 3.05) is 0 Å². The Morgan fingerprint density at radius 2 is 1.38 bits per heavy atom. The quantitative estimate of drug-likeness (QED) is 0.185. The number of fused-ring (bicyclic) bond motifs is 1. The van der Waals surface area contributed by atoms with Crippen molar-refractivity contribution in [3.8, 4) is 0 Å². The van der Waals surface area contributed by atoms with Gasteiger partial charge in [-0.05, 0) is 0 Å². The maximum Gasteiger partial charge on any atom is 0.125 e. The van der Waals surface area contributed by atoms with Gasteiger partial charge in [-0.15, -0.1) is 10.2 Å². The highest BCUT2D eigenvalue weighted by Gasteiger charge is 2.48. The Kier molecular flexibility index (Phi) is 3.05. The van der Waals surface area contributed by atoms with E-state index in [9.17, 15) is 0 Å².